The van der Waals surface area contributed by atoms with E-state index in [1.54, 1.807) is 11.3 Å². The Hall–Kier alpha value is -0.870. The van der Waals surface area contributed by atoms with Crippen LogP contribution in [-0.4, -0.2) is 29.9 Å². The second-order valence-electron chi connectivity index (χ2n) is 4.98. The molecule has 0 bridgehead atoms. The molecule has 94 valence electrons. The van der Waals surface area contributed by atoms with Gasteiger partial charge in [-0.25, -0.2) is 0 Å². The molecule has 2 N–H and O–H groups in total. The van der Waals surface area contributed by atoms with Gasteiger partial charge in [0.2, 0.25) is 0 Å². The molecule has 2 rings (SSSR count). The van der Waals surface area contributed by atoms with E-state index in [4.69, 9.17) is 5.73 Å². The zero-order valence-electron chi connectivity index (χ0n) is 10.5. The van der Waals surface area contributed by atoms with E-state index in [2.05, 4.69) is 0 Å². The Labute approximate surface area is 107 Å². The second-order valence-corrected chi connectivity index (χ2v) is 5.72. The van der Waals surface area contributed by atoms with Crippen LogP contribution in [0.3, 0.4) is 0 Å². The van der Waals surface area contributed by atoms with E-state index in [0.29, 0.717) is 5.92 Å². The van der Waals surface area contributed by atoms with E-state index in [-0.39, 0.29) is 11.9 Å². The lowest BCUT2D eigenvalue weighted by Gasteiger charge is -2.34. The predicted octanol–water partition coefficient (Wildman–Crippen LogP) is 2.26. The van der Waals surface area contributed by atoms with Gasteiger partial charge in [-0.15, -0.1) is 0 Å². The first-order chi connectivity index (χ1) is 8.09. The van der Waals surface area contributed by atoms with Crippen LogP contribution >= 0.6 is 11.3 Å². The van der Waals surface area contributed by atoms with Crippen molar-refractivity contribution in [3.05, 3.63) is 21.9 Å². The van der Waals surface area contributed by atoms with E-state index in [1.807, 2.05) is 29.5 Å². The zero-order chi connectivity index (χ0) is 12.4. The first-order valence-electron chi connectivity index (χ1n) is 6.17. The van der Waals surface area contributed by atoms with Gasteiger partial charge in [0.1, 0.15) is 0 Å². The van der Waals surface area contributed by atoms with Gasteiger partial charge in [-0.3, -0.25) is 4.79 Å². The van der Waals surface area contributed by atoms with Crippen LogP contribution < -0.4 is 5.73 Å². The molecule has 1 aliphatic rings. The molecule has 1 amide bonds. The number of likely N-dealkylation sites (tertiary alicyclic amines) is 1. The Balaban J connectivity index is 2.07. The van der Waals surface area contributed by atoms with Crippen LogP contribution in [0.15, 0.2) is 10.8 Å². The zero-order valence-corrected chi connectivity index (χ0v) is 11.3. The van der Waals surface area contributed by atoms with Crippen molar-refractivity contribution >= 4 is 17.2 Å². The van der Waals surface area contributed by atoms with Crippen LogP contribution in [0.5, 0.6) is 0 Å². The standard InChI is InChI=1S/C13H20N2OS/c1-9-7-17-8-12(9)13(16)15-5-3-4-11(6-15)10(2)14/h7-8,10-11H,3-6,14H2,1-2H3. The molecule has 2 unspecified atom stereocenters. The quantitative estimate of drug-likeness (QED) is 0.877. The molecule has 3 nitrogen and oxygen atoms in total. The van der Waals surface area contributed by atoms with Crippen molar-refractivity contribution in [3.63, 3.8) is 0 Å². The molecule has 0 saturated carbocycles. The van der Waals surface area contributed by atoms with E-state index in [9.17, 15) is 4.79 Å². The molecule has 1 saturated heterocycles. The minimum atomic E-state index is 0.175. The Morgan fingerprint density at radius 1 is 1.59 bits per heavy atom. The monoisotopic (exact) mass is 252 g/mol. The summed E-state index contributed by atoms with van der Waals surface area (Å²) in [5, 5.41) is 3.98. The highest BCUT2D eigenvalue weighted by atomic mass is 32.1. The fourth-order valence-electron chi connectivity index (χ4n) is 2.37. The van der Waals surface area contributed by atoms with Gasteiger partial charge in [0.05, 0.1) is 5.56 Å². The Kier molecular flexibility index (Phi) is 3.84. The number of carbonyl (C=O) groups is 1. The Bertz CT molecular complexity index is 400. The number of amides is 1. The predicted molar refractivity (Wildman–Crippen MR) is 71.3 cm³/mol. The average Bonchev–Trinajstić information content (AvgIpc) is 2.74. The molecule has 17 heavy (non-hydrogen) atoms. The number of nitrogens with zero attached hydrogens (tertiary/aromatic N) is 1. The lowest BCUT2D eigenvalue weighted by molar-refractivity contribution is 0.0661. The van der Waals surface area contributed by atoms with Gasteiger partial charge in [-0.05, 0) is 43.6 Å². The summed E-state index contributed by atoms with van der Waals surface area (Å²) >= 11 is 1.59. The third-order valence-corrected chi connectivity index (χ3v) is 4.44. The first-order valence-corrected chi connectivity index (χ1v) is 7.11. The lowest BCUT2D eigenvalue weighted by Crippen LogP contribution is -2.45. The van der Waals surface area contributed by atoms with Crippen molar-refractivity contribution in [1.82, 2.24) is 4.90 Å². The summed E-state index contributed by atoms with van der Waals surface area (Å²) in [4.78, 5) is 14.3. The number of thiophene rings is 1. The van der Waals surface area contributed by atoms with Gasteiger partial charge in [-0.1, -0.05) is 0 Å². The van der Waals surface area contributed by atoms with Crippen LogP contribution in [-0.2, 0) is 0 Å². The summed E-state index contributed by atoms with van der Waals surface area (Å²) in [5.74, 6) is 0.626. The summed E-state index contributed by atoms with van der Waals surface area (Å²) in [7, 11) is 0. The number of aryl methyl sites for hydroxylation is 1. The molecule has 4 heteroatoms. The van der Waals surface area contributed by atoms with Crippen molar-refractivity contribution in [2.24, 2.45) is 11.7 Å². The topological polar surface area (TPSA) is 46.3 Å². The maximum absolute atomic E-state index is 12.3. The summed E-state index contributed by atoms with van der Waals surface area (Å²) in [5.41, 5.74) is 7.89. The maximum Gasteiger partial charge on any atom is 0.254 e. The third kappa shape index (κ3) is 2.69. The van der Waals surface area contributed by atoms with Crippen molar-refractivity contribution < 1.29 is 4.79 Å². The molecular weight excluding hydrogens is 232 g/mol. The largest absolute Gasteiger partial charge is 0.338 e. The smallest absolute Gasteiger partial charge is 0.254 e. The van der Waals surface area contributed by atoms with E-state index in [0.717, 1.165) is 37.1 Å². The molecule has 0 aliphatic carbocycles. The number of rotatable bonds is 2. The molecule has 1 fully saturated rings. The number of nitrogens with two attached hydrogens (primary N) is 1. The SMILES string of the molecule is Cc1cscc1C(=O)N1CCCC(C(C)N)C1. The van der Waals surface area contributed by atoms with E-state index >= 15 is 0 Å². The van der Waals surface area contributed by atoms with Gasteiger partial charge < -0.3 is 10.6 Å². The van der Waals surface area contributed by atoms with Crippen LogP contribution in [0, 0.1) is 12.8 Å². The minimum Gasteiger partial charge on any atom is -0.338 e. The molecule has 1 aromatic rings. The van der Waals surface area contributed by atoms with Gasteiger partial charge in [-0.2, -0.15) is 11.3 Å². The second kappa shape index (κ2) is 5.19. The van der Waals surface area contributed by atoms with Gasteiger partial charge in [0.15, 0.2) is 0 Å². The molecule has 2 heterocycles. The highest BCUT2D eigenvalue weighted by molar-refractivity contribution is 7.08. The fourth-order valence-corrected chi connectivity index (χ4v) is 3.20. The number of hydrogen-bond donors (Lipinski definition) is 1. The molecule has 1 aliphatic heterocycles. The van der Waals surface area contributed by atoms with Gasteiger partial charge in [0, 0.05) is 24.5 Å². The number of piperidine rings is 1. The maximum atomic E-state index is 12.3. The Morgan fingerprint density at radius 2 is 2.35 bits per heavy atom. The van der Waals surface area contributed by atoms with Crippen molar-refractivity contribution in [2.45, 2.75) is 32.7 Å². The fraction of sp³-hybridized carbons (Fsp3) is 0.615. The molecule has 1 aromatic heterocycles. The van der Waals surface area contributed by atoms with E-state index in [1.165, 1.54) is 0 Å². The third-order valence-electron chi connectivity index (χ3n) is 3.57. The summed E-state index contributed by atoms with van der Waals surface area (Å²) in [6.45, 7) is 5.72. The Morgan fingerprint density at radius 3 is 2.94 bits per heavy atom. The summed E-state index contributed by atoms with van der Waals surface area (Å²) < 4.78 is 0. The average molecular weight is 252 g/mol. The van der Waals surface area contributed by atoms with Crippen LogP contribution in [0.25, 0.3) is 0 Å². The summed E-state index contributed by atoms with van der Waals surface area (Å²) in [6.07, 6.45) is 2.21. The minimum absolute atomic E-state index is 0.175. The van der Waals surface area contributed by atoms with Gasteiger partial charge >= 0.3 is 0 Å². The molecule has 2 atom stereocenters. The molecule has 0 radical (unpaired) electrons. The van der Waals surface area contributed by atoms with Crippen molar-refractivity contribution in [1.29, 1.82) is 0 Å². The van der Waals surface area contributed by atoms with Crippen LogP contribution in [0.2, 0.25) is 0 Å². The van der Waals surface area contributed by atoms with Crippen molar-refractivity contribution in [3.8, 4) is 0 Å². The lowest BCUT2D eigenvalue weighted by atomic mass is 9.92. The number of carbonyl (C=O) groups excluding carboxylic acids is 1. The van der Waals surface area contributed by atoms with Gasteiger partial charge in [0.25, 0.3) is 5.91 Å². The van der Waals surface area contributed by atoms with Crippen LogP contribution in [0.4, 0.5) is 0 Å². The van der Waals surface area contributed by atoms with Crippen molar-refractivity contribution in [2.75, 3.05) is 13.1 Å². The first kappa shape index (κ1) is 12.6. The summed E-state index contributed by atoms with van der Waals surface area (Å²) in [6, 6.07) is 0.175. The molecule has 0 aromatic carbocycles. The normalized spacial score (nSPS) is 22.5. The van der Waals surface area contributed by atoms with Crippen LogP contribution in [0.1, 0.15) is 35.7 Å². The molecular formula is C13H20N2OS. The van der Waals surface area contributed by atoms with E-state index < -0.39 is 0 Å². The number of hydrogen-bond acceptors (Lipinski definition) is 3. The molecule has 0 spiro atoms. The highest BCUT2D eigenvalue weighted by Crippen LogP contribution is 2.22. The highest BCUT2D eigenvalue weighted by Gasteiger charge is 2.27.